The third kappa shape index (κ3) is 5.38. The number of halogens is 1. The average Bonchev–Trinajstić information content (AvgIpc) is 2.55. The summed E-state index contributed by atoms with van der Waals surface area (Å²) in [6.45, 7) is 1.41. The maximum absolute atomic E-state index is 12.0. The minimum Gasteiger partial charge on any atom is -0.326 e. The first kappa shape index (κ1) is 19.6. The number of nitrogens with zero attached hydrogens (tertiary/aromatic N) is 1. The second-order valence-corrected chi connectivity index (χ2v) is 7.13. The molecular formula is C16H15ClN4O4S. The van der Waals surface area contributed by atoms with Crippen molar-refractivity contribution < 1.29 is 18.0 Å². The van der Waals surface area contributed by atoms with Gasteiger partial charge in [0.15, 0.2) is 0 Å². The Labute approximate surface area is 155 Å². The molecule has 0 bridgehead atoms. The molecule has 0 aromatic heterocycles. The molecule has 4 N–H and O–H groups in total. The number of benzene rings is 2. The molecule has 0 spiro atoms. The first-order valence-corrected chi connectivity index (χ1v) is 9.12. The third-order valence-corrected chi connectivity index (χ3v) is 4.50. The minimum absolute atomic E-state index is 0.0385. The number of sulfonamides is 1. The van der Waals surface area contributed by atoms with E-state index in [9.17, 15) is 18.0 Å². The summed E-state index contributed by atoms with van der Waals surface area (Å²) in [6, 6.07) is 10.4. The molecule has 0 saturated heterocycles. The van der Waals surface area contributed by atoms with Crippen molar-refractivity contribution in [3.63, 3.8) is 0 Å². The molecular weight excluding hydrogens is 380 g/mol. The van der Waals surface area contributed by atoms with Gasteiger partial charge in [0.2, 0.25) is 15.9 Å². The van der Waals surface area contributed by atoms with Crippen LogP contribution in [0.1, 0.15) is 22.8 Å². The lowest BCUT2D eigenvalue weighted by molar-refractivity contribution is -0.114. The molecule has 2 amide bonds. The molecule has 26 heavy (non-hydrogen) atoms. The zero-order valence-electron chi connectivity index (χ0n) is 13.6. The Balaban J connectivity index is 2.06. The van der Waals surface area contributed by atoms with E-state index in [2.05, 4.69) is 15.8 Å². The van der Waals surface area contributed by atoms with Crippen LogP contribution in [0.4, 0.5) is 5.69 Å². The predicted molar refractivity (Wildman–Crippen MR) is 98.6 cm³/mol. The highest BCUT2D eigenvalue weighted by molar-refractivity contribution is 7.89. The van der Waals surface area contributed by atoms with Crippen LogP contribution >= 0.6 is 11.6 Å². The Morgan fingerprint density at radius 2 is 1.81 bits per heavy atom. The SMILES string of the molecule is CC(=O)Nc1ccc(/C=N\NC(=O)c2ccc(Cl)c(S(N)(=O)=O)c2)cc1. The molecule has 0 saturated carbocycles. The maximum Gasteiger partial charge on any atom is 0.271 e. The molecule has 0 aliphatic rings. The van der Waals surface area contributed by atoms with Crippen LogP contribution < -0.4 is 15.9 Å². The Hall–Kier alpha value is -2.75. The van der Waals surface area contributed by atoms with Crippen molar-refractivity contribution in [3.8, 4) is 0 Å². The van der Waals surface area contributed by atoms with Gasteiger partial charge < -0.3 is 5.32 Å². The number of hydrazone groups is 1. The molecule has 10 heteroatoms. The van der Waals surface area contributed by atoms with Gasteiger partial charge in [-0.25, -0.2) is 19.0 Å². The van der Waals surface area contributed by atoms with Crippen LogP contribution in [0.25, 0.3) is 0 Å². The van der Waals surface area contributed by atoms with Crippen molar-refractivity contribution in [2.45, 2.75) is 11.8 Å². The molecule has 2 aromatic rings. The molecule has 0 atom stereocenters. The number of carbonyl (C=O) groups is 2. The monoisotopic (exact) mass is 394 g/mol. The lowest BCUT2D eigenvalue weighted by atomic mass is 10.2. The summed E-state index contributed by atoms with van der Waals surface area (Å²) >= 11 is 5.77. The van der Waals surface area contributed by atoms with Crippen LogP contribution in [0.5, 0.6) is 0 Å². The lowest BCUT2D eigenvalue weighted by Crippen LogP contribution is -2.19. The van der Waals surface area contributed by atoms with Crippen molar-refractivity contribution in [1.29, 1.82) is 0 Å². The fraction of sp³-hybridized carbons (Fsp3) is 0.0625. The van der Waals surface area contributed by atoms with Gasteiger partial charge in [-0.15, -0.1) is 0 Å². The van der Waals surface area contributed by atoms with Gasteiger partial charge in [0.1, 0.15) is 4.90 Å². The fourth-order valence-electron chi connectivity index (χ4n) is 1.95. The molecule has 0 heterocycles. The number of nitrogens with one attached hydrogen (secondary N) is 2. The van der Waals surface area contributed by atoms with Gasteiger partial charge in [0.25, 0.3) is 5.91 Å². The second-order valence-electron chi connectivity index (χ2n) is 5.19. The molecule has 0 unspecified atom stereocenters. The number of primary sulfonamides is 1. The number of rotatable bonds is 5. The van der Waals surface area contributed by atoms with E-state index < -0.39 is 15.9 Å². The van der Waals surface area contributed by atoms with Crippen LogP contribution in [0.3, 0.4) is 0 Å². The first-order valence-electron chi connectivity index (χ1n) is 7.20. The first-order chi connectivity index (χ1) is 12.2. The van der Waals surface area contributed by atoms with Crippen molar-refractivity contribution in [2.75, 3.05) is 5.32 Å². The van der Waals surface area contributed by atoms with Gasteiger partial charge in [-0.3, -0.25) is 9.59 Å². The van der Waals surface area contributed by atoms with Gasteiger partial charge in [-0.05, 0) is 35.9 Å². The summed E-state index contributed by atoms with van der Waals surface area (Å²) in [5.41, 5.74) is 3.63. The largest absolute Gasteiger partial charge is 0.326 e. The number of hydrogen-bond donors (Lipinski definition) is 3. The minimum atomic E-state index is -4.05. The highest BCUT2D eigenvalue weighted by atomic mass is 35.5. The van der Waals surface area contributed by atoms with Gasteiger partial charge in [-0.1, -0.05) is 23.7 Å². The van der Waals surface area contributed by atoms with Crippen molar-refractivity contribution >= 4 is 45.3 Å². The van der Waals surface area contributed by atoms with Crippen LogP contribution in [0.15, 0.2) is 52.5 Å². The highest BCUT2D eigenvalue weighted by Crippen LogP contribution is 2.21. The Kier molecular flexibility index (Phi) is 6.09. The Morgan fingerprint density at radius 3 is 2.38 bits per heavy atom. The average molecular weight is 395 g/mol. The number of anilines is 1. The Morgan fingerprint density at radius 1 is 1.15 bits per heavy atom. The van der Waals surface area contributed by atoms with Gasteiger partial charge >= 0.3 is 0 Å². The van der Waals surface area contributed by atoms with Crippen LogP contribution in [-0.4, -0.2) is 26.4 Å². The summed E-state index contributed by atoms with van der Waals surface area (Å²) in [7, 11) is -4.05. The summed E-state index contributed by atoms with van der Waals surface area (Å²) in [5.74, 6) is -0.807. The third-order valence-electron chi connectivity index (χ3n) is 3.11. The summed E-state index contributed by atoms with van der Waals surface area (Å²) < 4.78 is 22.9. The molecule has 0 aliphatic heterocycles. The standard InChI is InChI=1S/C16H15ClN4O4S/c1-10(22)20-13-5-2-11(3-6-13)9-19-21-16(23)12-4-7-14(17)15(8-12)26(18,24)25/h2-9H,1H3,(H,20,22)(H,21,23)(H2,18,24,25)/b19-9-. The topological polar surface area (TPSA) is 131 Å². The molecule has 2 rings (SSSR count). The number of amides is 2. The quantitative estimate of drug-likeness (QED) is 0.526. The zero-order valence-corrected chi connectivity index (χ0v) is 15.1. The normalized spacial score (nSPS) is 11.3. The molecule has 2 aromatic carbocycles. The number of carbonyl (C=O) groups excluding carboxylic acids is 2. The van der Waals surface area contributed by atoms with Gasteiger partial charge in [-0.2, -0.15) is 5.10 Å². The summed E-state index contributed by atoms with van der Waals surface area (Å²) in [5, 5.41) is 11.4. The van der Waals surface area contributed by atoms with Crippen LogP contribution in [0.2, 0.25) is 5.02 Å². The smallest absolute Gasteiger partial charge is 0.271 e. The maximum atomic E-state index is 12.0. The van der Waals surface area contributed by atoms with Crippen molar-refractivity contribution in [1.82, 2.24) is 5.43 Å². The Bertz CT molecular complexity index is 972. The molecule has 0 aliphatic carbocycles. The molecule has 136 valence electrons. The van der Waals surface area contributed by atoms with E-state index in [1.807, 2.05) is 0 Å². The van der Waals surface area contributed by atoms with E-state index in [1.54, 1.807) is 24.3 Å². The number of hydrogen-bond acceptors (Lipinski definition) is 5. The molecule has 0 radical (unpaired) electrons. The van der Waals surface area contributed by atoms with E-state index in [-0.39, 0.29) is 21.4 Å². The predicted octanol–water partition coefficient (Wildman–Crippen LogP) is 1.71. The van der Waals surface area contributed by atoms with Crippen LogP contribution in [-0.2, 0) is 14.8 Å². The van der Waals surface area contributed by atoms with Crippen LogP contribution in [0, 0.1) is 0 Å². The fourth-order valence-corrected chi connectivity index (χ4v) is 3.02. The highest BCUT2D eigenvalue weighted by Gasteiger charge is 2.16. The van der Waals surface area contributed by atoms with Crippen molar-refractivity contribution in [3.05, 3.63) is 58.6 Å². The lowest BCUT2D eigenvalue weighted by Gasteiger charge is -2.05. The summed E-state index contributed by atoms with van der Waals surface area (Å²) in [6.07, 6.45) is 1.39. The summed E-state index contributed by atoms with van der Waals surface area (Å²) in [4.78, 5) is 22.7. The van der Waals surface area contributed by atoms with Gasteiger partial charge in [0, 0.05) is 18.2 Å². The number of nitrogens with two attached hydrogens (primary N) is 1. The van der Waals surface area contributed by atoms with Crippen molar-refractivity contribution in [2.24, 2.45) is 10.2 Å². The van der Waals surface area contributed by atoms with E-state index in [4.69, 9.17) is 16.7 Å². The van der Waals surface area contributed by atoms with E-state index >= 15 is 0 Å². The van der Waals surface area contributed by atoms with E-state index in [0.717, 1.165) is 6.07 Å². The molecule has 0 fully saturated rings. The zero-order chi connectivity index (χ0) is 19.3. The molecule has 8 nitrogen and oxygen atoms in total. The van der Waals surface area contributed by atoms with E-state index in [0.29, 0.717) is 11.3 Å². The second kappa shape index (κ2) is 8.09. The van der Waals surface area contributed by atoms with Gasteiger partial charge in [0.05, 0.1) is 11.2 Å². The van der Waals surface area contributed by atoms with E-state index in [1.165, 1.54) is 25.3 Å².